The first-order valence-electron chi connectivity index (χ1n) is 12.2. The first kappa shape index (κ1) is 24.4. The molecule has 190 valence electrons. The second-order valence-electron chi connectivity index (χ2n) is 9.10. The first-order chi connectivity index (χ1) is 17.9. The van der Waals surface area contributed by atoms with Crippen LogP contribution in [-0.4, -0.2) is 50.7 Å². The number of nitrogens with zero attached hydrogens (tertiary/aromatic N) is 1. The minimum absolute atomic E-state index is 0.266. The average Bonchev–Trinajstić information content (AvgIpc) is 3.22. The fourth-order valence-corrected chi connectivity index (χ4v) is 4.44. The molecule has 1 amide bonds. The van der Waals surface area contributed by atoms with E-state index in [9.17, 15) is 9.59 Å². The minimum atomic E-state index is -0.431. The van der Waals surface area contributed by atoms with Crippen LogP contribution in [0.15, 0.2) is 60.7 Å². The highest BCUT2D eigenvalue weighted by Gasteiger charge is 2.30. The molecule has 0 atom stereocenters. The second-order valence-corrected chi connectivity index (χ2v) is 9.10. The lowest BCUT2D eigenvalue weighted by Gasteiger charge is -2.21. The molecule has 0 aliphatic carbocycles. The highest BCUT2D eigenvalue weighted by molar-refractivity contribution is 6.37. The largest absolute Gasteiger partial charge is 0.486 e. The van der Waals surface area contributed by atoms with E-state index in [1.165, 1.54) is 5.56 Å². The molecule has 0 fully saturated rings. The van der Waals surface area contributed by atoms with Gasteiger partial charge in [0, 0.05) is 23.4 Å². The lowest BCUT2D eigenvalue weighted by atomic mass is 9.98. The molecule has 5 rings (SSSR count). The fraction of sp³-hybridized carbons (Fsp3) is 0.241. The van der Waals surface area contributed by atoms with Crippen LogP contribution in [0.25, 0.3) is 11.3 Å². The van der Waals surface area contributed by atoms with E-state index in [0.717, 1.165) is 17.8 Å². The number of nitrogens with one attached hydrogen (secondary N) is 2. The van der Waals surface area contributed by atoms with Gasteiger partial charge in [-0.25, -0.2) is 4.79 Å². The van der Waals surface area contributed by atoms with Crippen molar-refractivity contribution in [2.45, 2.75) is 13.5 Å². The van der Waals surface area contributed by atoms with Gasteiger partial charge >= 0.3 is 5.97 Å². The van der Waals surface area contributed by atoms with Crippen molar-refractivity contribution in [2.24, 2.45) is 0 Å². The molecule has 0 saturated carbocycles. The molecule has 0 bridgehead atoms. The number of carbonyl (C=O) groups is 2. The van der Waals surface area contributed by atoms with Crippen LogP contribution in [0.3, 0.4) is 0 Å². The third-order valence-electron chi connectivity index (χ3n) is 6.08. The molecule has 2 aliphatic rings. The summed E-state index contributed by atoms with van der Waals surface area (Å²) in [6.45, 7) is 3.82. The summed E-state index contributed by atoms with van der Waals surface area (Å²) < 4.78 is 16.6. The molecule has 0 aromatic heterocycles. The van der Waals surface area contributed by atoms with Gasteiger partial charge in [0.05, 0.1) is 29.1 Å². The Bertz CT molecular complexity index is 1380. The van der Waals surface area contributed by atoms with Gasteiger partial charge in [0.25, 0.3) is 5.91 Å². The molecule has 8 nitrogen and oxygen atoms in total. The SMILES string of the molecule is CCOC(=O)c1ccc2c(c1)NC(=O)C2=C(Nc1ccc(CN(C)C)cc1)c1ccc2c(c1)OCCO2. The van der Waals surface area contributed by atoms with E-state index in [1.807, 2.05) is 44.4 Å². The van der Waals surface area contributed by atoms with Gasteiger partial charge in [-0.15, -0.1) is 0 Å². The Morgan fingerprint density at radius 2 is 1.70 bits per heavy atom. The van der Waals surface area contributed by atoms with Gasteiger partial charge in [0.2, 0.25) is 0 Å². The number of ether oxygens (including phenoxy) is 3. The van der Waals surface area contributed by atoms with Crippen molar-refractivity contribution in [3.63, 3.8) is 0 Å². The number of hydrogen-bond donors (Lipinski definition) is 2. The van der Waals surface area contributed by atoms with Crippen LogP contribution in [0.5, 0.6) is 11.5 Å². The van der Waals surface area contributed by atoms with Crippen LogP contribution in [-0.2, 0) is 16.1 Å². The van der Waals surface area contributed by atoms with Gasteiger partial charge in [-0.2, -0.15) is 0 Å². The van der Waals surface area contributed by atoms with Gasteiger partial charge < -0.3 is 29.7 Å². The molecule has 0 radical (unpaired) electrons. The number of anilines is 2. The third-order valence-corrected chi connectivity index (χ3v) is 6.08. The van der Waals surface area contributed by atoms with Crippen molar-refractivity contribution >= 4 is 34.5 Å². The van der Waals surface area contributed by atoms with Gasteiger partial charge in [-0.05, 0) is 69.0 Å². The molecule has 2 N–H and O–H groups in total. The zero-order valence-corrected chi connectivity index (χ0v) is 21.1. The van der Waals surface area contributed by atoms with E-state index < -0.39 is 5.97 Å². The molecule has 8 heteroatoms. The van der Waals surface area contributed by atoms with Crippen LogP contribution >= 0.6 is 0 Å². The maximum Gasteiger partial charge on any atom is 0.338 e. The smallest absolute Gasteiger partial charge is 0.338 e. The molecular formula is C29H29N3O5. The summed E-state index contributed by atoms with van der Waals surface area (Å²) in [5.74, 6) is 0.599. The maximum absolute atomic E-state index is 13.3. The number of benzene rings is 3. The molecule has 0 spiro atoms. The maximum atomic E-state index is 13.3. The number of rotatable bonds is 7. The quantitative estimate of drug-likeness (QED) is 0.362. The van der Waals surface area contributed by atoms with Gasteiger partial charge in [-0.1, -0.05) is 18.2 Å². The lowest BCUT2D eigenvalue weighted by molar-refractivity contribution is -0.110. The standard InChI is InChI=1S/C29H29N3O5/c1-4-35-29(34)20-7-11-22-23(15-20)31-28(33)26(22)27(19-8-12-24-25(16-19)37-14-13-36-24)30-21-9-5-18(6-10-21)17-32(2)3/h5-12,15-16,30H,4,13-14,17H2,1-3H3,(H,31,33). The van der Waals surface area contributed by atoms with Crippen molar-refractivity contribution in [3.05, 3.63) is 82.9 Å². The Morgan fingerprint density at radius 1 is 0.973 bits per heavy atom. The minimum Gasteiger partial charge on any atom is -0.486 e. The van der Waals surface area contributed by atoms with Crippen molar-refractivity contribution in [2.75, 3.05) is 44.5 Å². The van der Waals surface area contributed by atoms with E-state index in [2.05, 4.69) is 27.7 Å². The van der Waals surface area contributed by atoms with Crippen molar-refractivity contribution in [1.82, 2.24) is 4.90 Å². The topological polar surface area (TPSA) is 89.1 Å². The van der Waals surface area contributed by atoms with Gasteiger partial charge in [0.1, 0.15) is 13.2 Å². The van der Waals surface area contributed by atoms with Crippen LogP contribution in [0.2, 0.25) is 0 Å². The monoisotopic (exact) mass is 499 g/mol. The molecule has 3 aromatic carbocycles. The summed E-state index contributed by atoms with van der Waals surface area (Å²) in [5, 5.41) is 6.38. The van der Waals surface area contributed by atoms with Crippen molar-refractivity contribution < 1.29 is 23.8 Å². The summed E-state index contributed by atoms with van der Waals surface area (Å²) >= 11 is 0. The fourth-order valence-electron chi connectivity index (χ4n) is 4.44. The average molecular weight is 500 g/mol. The lowest BCUT2D eigenvalue weighted by Crippen LogP contribution is -2.16. The third kappa shape index (κ3) is 5.15. The predicted octanol–water partition coefficient (Wildman–Crippen LogP) is 4.63. The zero-order chi connectivity index (χ0) is 25.9. The van der Waals surface area contributed by atoms with E-state index >= 15 is 0 Å². The zero-order valence-electron chi connectivity index (χ0n) is 21.1. The van der Waals surface area contributed by atoms with E-state index in [4.69, 9.17) is 14.2 Å². The number of amides is 1. The highest BCUT2D eigenvalue weighted by Crippen LogP contribution is 2.40. The predicted molar refractivity (Wildman–Crippen MR) is 143 cm³/mol. The Labute approximate surface area is 215 Å². The Balaban J connectivity index is 1.59. The molecule has 0 unspecified atom stereocenters. The summed E-state index contributed by atoms with van der Waals surface area (Å²) in [6, 6.07) is 18.8. The summed E-state index contributed by atoms with van der Waals surface area (Å²) in [6.07, 6.45) is 0. The highest BCUT2D eigenvalue weighted by atomic mass is 16.6. The van der Waals surface area contributed by atoms with Crippen LogP contribution in [0.1, 0.15) is 34.0 Å². The van der Waals surface area contributed by atoms with E-state index in [1.54, 1.807) is 25.1 Å². The molecule has 37 heavy (non-hydrogen) atoms. The Hall–Kier alpha value is -4.30. The molecule has 3 aromatic rings. The summed E-state index contributed by atoms with van der Waals surface area (Å²) in [7, 11) is 4.06. The number of fused-ring (bicyclic) bond motifs is 2. The molecule has 2 heterocycles. The number of esters is 1. The normalized spacial score (nSPS) is 15.2. The first-order valence-corrected chi connectivity index (χ1v) is 12.2. The Morgan fingerprint density at radius 3 is 2.43 bits per heavy atom. The second kappa shape index (κ2) is 10.4. The van der Waals surface area contributed by atoms with Crippen molar-refractivity contribution in [3.8, 4) is 11.5 Å². The van der Waals surface area contributed by atoms with E-state index in [0.29, 0.717) is 52.8 Å². The number of hydrogen-bond acceptors (Lipinski definition) is 7. The van der Waals surface area contributed by atoms with Crippen LogP contribution < -0.4 is 20.1 Å². The molecule has 2 aliphatic heterocycles. The van der Waals surface area contributed by atoms with E-state index in [-0.39, 0.29) is 12.5 Å². The molecular weight excluding hydrogens is 470 g/mol. The number of carbonyl (C=O) groups excluding carboxylic acids is 2. The molecule has 0 saturated heterocycles. The van der Waals surface area contributed by atoms with Crippen LogP contribution in [0, 0.1) is 0 Å². The van der Waals surface area contributed by atoms with Gasteiger partial charge in [0.15, 0.2) is 11.5 Å². The summed E-state index contributed by atoms with van der Waals surface area (Å²) in [5.41, 5.74) is 5.52. The summed E-state index contributed by atoms with van der Waals surface area (Å²) in [4.78, 5) is 27.7. The van der Waals surface area contributed by atoms with Gasteiger partial charge in [-0.3, -0.25) is 4.79 Å². The van der Waals surface area contributed by atoms with Crippen molar-refractivity contribution in [1.29, 1.82) is 0 Å². The Kier molecular flexibility index (Phi) is 6.83. The van der Waals surface area contributed by atoms with Crippen LogP contribution in [0.4, 0.5) is 11.4 Å².